The Morgan fingerprint density at radius 3 is 2.64 bits per heavy atom. The Kier molecular flexibility index (Phi) is 4.45. The molecule has 0 radical (unpaired) electrons. The molecule has 5 fully saturated rings. The second kappa shape index (κ2) is 6.44. The van der Waals surface area contributed by atoms with Gasteiger partial charge in [-0.05, 0) is 73.5 Å². The van der Waals surface area contributed by atoms with Crippen LogP contribution in [0.15, 0.2) is 0 Å². The molecule has 4 heteroatoms. The molecule has 0 unspecified atom stereocenters. The molecule has 28 heavy (non-hydrogen) atoms. The third-order valence-electron chi connectivity index (χ3n) is 10.1. The number of esters is 1. The average molecular weight is 390 g/mol. The molecule has 0 spiro atoms. The molecule has 4 nitrogen and oxygen atoms in total. The van der Waals surface area contributed by atoms with Gasteiger partial charge in [0.25, 0.3) is 0 Å². The number of carbonyl (C=O) groups excluding carboxylic acids is 1. The van der Waals surface area contributed by atoms with Crippen molar-refractivity contribution in [3.63, 3.8) is 0 Å². The summed E-state index contributed by atoms with van der Waals surface area (Å²) in [5, 5.41) is 3.62. The molecule has 158 valence electrons. The predicted molar refractivity (Wildman–Crippen MR) is 108 cm³/mol. The van der Waals surface area contributed by atoms with Crippen LogP contribution in [0.2, 0.25) is 0 Å². The molecule has 0 aromatic carbocycles. The SMILES string of the molecule is CC(=O)O[C@H]1C[C@@H]2[C@@H]3CC[C@H]4C[C@@H]5NC[C@H](O5)[C@@]4(C)[C@@H]3CC[C@]2(C)[C@H]1C(C)C. The van der Waals surface area contributed by atoms with Gasteiger partial charge in [-0.1, -0.05) is 27.7 Å². The van der Waals surface area contributed by atoms with Crippen molar-refractivity contribution in [2.45, 2.75) is 91.6 Å². The fraction of sp³-hybridized carbons (Fsp3) is 0.958. The van der Waals surface area contributed by atoms with Crippen LogP contribution in [-0.4, -0.2) is 30.9 Å². The molecule has 2 heterocycles. The molecule has 0 amide bonds. The quantitative estimate of drug-likeness (QED) is 0.712. The lowest BCUT2D eigenvalue weighted by molar-refractivity contribution is -0.194. The van der Waals surface area contributed by atoms with Crippen LogP contribution < -0.4 is 5.32 Å². The van der Waals surface area contributed by atoms with Gasteiger partial charge in [0.2, 0.25) is 0 Å². The van der Waals surface area contributed by atoms with Crippen LogP contribution in [-0.2, 0) is 14.3 Å². The number of nitrogens with one attached hydrogen (secondary N) is 1. The highest BCUT2D eigenvalue weighted by Crippen LogP contribution is 2.68. The van der Waals surface area contributed by atoms with Crippen molar-refractivity contribution >= 4 is 5.97 Å². The van der Waals surface area contributed by atoms with Gasteiger partial charge in [-0.15, -0.1) is 0 Å². The highest BCUT2D eigenvalue weighted by atomic mass is 16.5. The van der Waals surface area contributed by atoms with Crippen molar-refractivity contribution in [3.8, 4) is 0 Å². The predicted octanol–water partition coefficient (Wildman–Crippen LogP) is 4.38. The molecular weight excluding hydrogens is 350 g/mol. The molecule has 2 aliphatic heterocycles. The maximum atomic E-state index is 11.8. The Morgan fingerprint density at radius 1 is 1.14 bits per heavy atom. The maximum Gasteiger partial charge on any atom is 0.302 e. The van der Waals surface area contributed by atoms with Gasteiger partial charge in [-0.2, -0.15) is 0 Å². The first-order chi connectivity index (χ1) is 13.2. The van der Waals surface area contributed by atoms with Gasteiger partial charge in [0.15, 0.2) is 0 Å². The number of ether oxygens (including phenoxy) is 2. The Balaban J connectivity index is 1.47. The molecule has 0 aromatic rings. The minimum atomic E-state index is -0.103. The van der Waals surface area contributed by atoms with E-state index in [0.717, 1.165) is 30.7 Å². The van der Waals surface area contributed by atoms with Gasteiger partial charge in [0.05, 0.1) is 6.10 Å². The van der Waals surface area contributed by atoms with E-state index in [0.29, 0.717) is 40.9 Å². The van der Waals surface area contributed by atoms with Crippen LogP contribution >= 0.6 is 0 Å². The second-order valence-electron chi connectivity index (χ2n) is 11.5. The third-order valence-corrected chi connectivity index (χ3v) is 10.1. The molecule has 5 rings (SSSR count). The smallest absolute Gasteiger partial charge is 0.302 e. The standard InChI is InChI=1S/C24H39NO3/c1-13(2)22-19(27-14(3)26)11-18-16-7-6-15-10-21-25-12-20(28-21)24(15,5)17(16)8-9-23(18,22)4/h13,15-22,25H,6-12H2,1-5H3/t15-,16+,17+,18+,19-,20-,21+,22-,23-,24+/m0/s1. The number of carbonyl (C=O) groups is 1. The van der Waals surface area contributed by atoms with Gasteiger partial charge in [0.1, 0.15) is 12.3 Å². The van der Waals surface area contributed by atoms with Gasteiger partial charge in [0, 0.05) is 24.8 Å². The molecule has 2 saturated heterocycles. The van der Waals surface area contributed by atoms with Crippen LogP contribution in [0.1, 0.15) is 73.1 Å². The summed E-state index contributed by atoms with van der Waals surface area (Å²) in [6, 6.07) is 0. The molecule has 3 aliphatic carbocycles. The van der Waals surface area contributed by atoms with E-state index in [9.17, 15) is 4.79 Å². The number of rotatable bonds is 2. The summed E-state index contributed by atoms with van der Waals surface area (Å²) in [7, 11) is 0. The molecular formula is C24H39NO3. The molecule has 10 atom stereocenters. The van der Waals surface area contributed by atoms with E-state index < -0.39 is 0 Å². The van der Waals surface area contributed by atoms with E-state index in [1.807, 2.05) is 0 Å². The highest BCUT2D eigenvalue weighted by Gasteiger charge is 2.65. The number of fused-ring (bicyclic) bond motifs is 8. The maximum absolute atomic E-state index is 11.8. The molecule has 1 N–H and O–H groups in total. The summed E-state index contributed by atoms with van der Waals surface area (Å²) < 4.78 is 12.3. The minimum Gasteiger partial charge on any atom is -0.462 e. The van der Waals surface area contributed by atoms with E-state index in [1.54, 1.807) is 6.92 Å². The van der Waals surface area contributed by atoms with Crippen molar-refractivity contribution in [2.75, 3.05) is 6.54 Å². The van der Waals surface area contributed by atoms with Crippen LogP contribution in [0.4, 0.5) is 0 Å². The number of hydrogen-bond acceptors (Lipinski definition) is 4. The Labute approximate surface area is 170 Å². The average Bonchev–Trinajstić information content (AvgIpc) is 3.15. The summed E-state index contributed by atoms with van der Waals surface area (Å²) in [6.45, 7) is 12.4. The van der Waals surface area contributed by atoms with Gasteiger partial charge < -0.3 is 9.47 Å². The third kappa shape index (κ3) is 2.52. The molecule has 0 aromatic heterocycles. The first kappa shape index (κ1) is 19.4. The van der Waals surface area contributed by atoms with E-state index in [1.165, 1.54) is 32.1 Å². The van der Waals surface area contributed by atoms with Crippen molar-refractivity contribution in [1.82, 2.24) is 5.32 Å². The van der Waals surface area contributed by atoms with E-state index >= 15 is 0 Å². The largest absolute Gasteiger partial charge is 0.462 e. The van der Waals surface area contributed by atoms with Crippen LogP contribution in [0.25, 0.3) is 0 Å². The van der Waals surface area contributed by atoms with Crippen molar-refractivity contribution in [3.05, 3.63) is 0 Å². The fourth-order valence-corrected chi connectivity index (χ4v) is 9.19. The summed E-state index contributed by atoms with van der Waals surface area (Å²) in [5.41, 5.74) is 0.627. The van der Waals surface area contributed by atoms with E-state index in [2.05, 4.69) is 33.0 Å². The summed E-state index contributed by atoms with van der Waals surface area (Å²) in [6.07, 6.45) is 8.40. The van der Waals surface area contributed by atoms with Crippen LogP contribution in [0, 0.1) is 46.3 Å². The van der Waals surface area contributed by atoms with Crippen LogP contribution in [0.3, 0.4) is 0 Å². The first-order valence-electron chi connectivity index (χ1n) is 11.8. The molecule has 3 saturated carbocycles. The Morgan fingerprint density at radius 2 is 1.93 bits per heavy atom. The zero-order valence-corrected chi connectivity index (χ0v) is 18.4. The Hall–Kier alpha value is -0.610. The van der Waals surface area contributed by atoms with E-state index in [4.69, 9.17) is 9.47 Å². The van der Waals surface area contributed by atoms with Crippen LogP contribution in [0.5, 0.6) is 0 Å². The summed E-state index contributed by atoms with van der Waals surface area (Å²) in [4.78, 5) is 11.8. The zero-order chi connectivity index (χ0) is 19.8. The minimum absolute atomic E-state index is 0.103. The zero-order valence-electron chi connectivity index (χ0n) is 18.4. The Bertz CT molecular complexity index is 650. The van der Waals surface area contributed by atoms with Crippen molar-refractivity contribution in [2.24, 2.45) is 46.3 Å². The monoisotopic (exact) mass is 389 g/mol. The van der Waals surface area contributed by atoms with Gasteiger partial charge in [-0.3, -0.25) is 10.1 Å². The van der Waals surface area contributed by atoms with Gasteiger partial charge in [-0.25, -0.2) is 0 Å². The summed E-state index contributed by atoms with van der Waals surface area (Å²) >= 11 is 0. The highest BCUT2D eigenvalue weighted by molar-refractivity contribution is 5.66. The second-order valence-corrected chi connectivity index (χ2v) is 11.5. The fourth-order valence-electron chi connectivity index (χ4n) is 9.19. The topological polar surface area (TPSA) is 47.6 Å². The van der Waals surface area contributed by atoms with Crippen molar-refractivity contribution in [1.29, 1.82) is 0 Å². The normalized spacial score (nSPS) is 54.8. The lowest BCUT2D eigenvalue weighted by Crippen LogP contribution is -2.58. The lowest BCUT2D eigenvalue weighted by atomic mass is 9.45. The number of hydrogen-bond donors (Lipinski definition) is 1. The van der Waals surface area contributed by atoms with E-state index in [-0.39, 0.29) is 12.1 Å². The van der Waals surface area contributed by atoms with Gasteiger partial charge >= 0.3 is 5.97 Å². The molecule has 2 bridgehead atoms. The molecule has 5 aliphatic rings. The van der Waals surface area contributed by atoms with Crippen molar-refractivity contribution < 1.29 is 14.3 Å². The first-order valence-corrected chi connectivity index (χ1v) is 11.8. The lowest BCUT2D eigenvalue weighted by Gasteiger charge is -2.61. The summed E-state index contributed by atoms with van der Waals surface area (Å²) in [5.74, 6) is 3.97.